The smallest absolute Gasteiger partial charge is 0.0299 e. The van der Waals surface area contributed by atoms with Gasteiger partial charge in [0.2, 0.25) is 0 Å². The Kier molecular flexibility index (Phi) is 4.85. The zero-order chi connectivity index (χ0) is 8.65. The Hall–Kier alpha value is -0.500. The number of rotatable bonds is 5. The van der Waals surface area contributed by atoms with Crippen molar-refractivity contribution in [3.63, 3.8) is 0 Å². The van der Waals surface area contributed by atoms with E-state index in [1.54, 1.807) is 0 Å². The Bertz CT molecular complexity index is 198. The van der Waals surface area contributed by atoms with E-state index in [4.69, 9.17) is 0 Å². The number of hydrogen-bond donors (Lipinski definition) is 0. The van der Waals surface area contributed by atoms with Crippen LogP contribution in [0.1, 0.15) is 18.4 Å². The first-order valence-corrected chi connectivity index (χ1v) is 5.70. The molecule has 12 heavy (non-hydrogen) atoms. The zero-order valence-electron chi connectivity index (χ0n) is 7.49. The Morgan fingerprint density at radius 3 is 3.00 bits per heavy atom. The lowest BCUT2D eigenvalue weighted by Crippen LogP contribution is -1.87. The average Bonchev–Trinajstić information content (AvgIpc) is 2.14. The standard InChI is InChI=1S/C10H15NS/c1-12-8-3-2-5-10-6-4-7-11-9-10/h4,6-7,9H,2-3,5,8H2,1H3. The van der Waals surface area contributed by atoms with Crippen LogP contribution in [0.25, 0.3) is 0 Å². The topological polar surface area (TPSA) is 12.9 Å². The molecule has 0 N–H and O–H groups in total. The van der Waals surface area contributed by atoms with Crippen molar-refractivity contribution in [3.05, 3.63) is 30.1 Å². The molecule has 0 saturated carbocycles. The van der Waals surface area contributed by atoms with E-state index in [2.05, 4.69) is 17.3 Å². The molecular formula is C10H15NS. The summed E-state index contributed by atoms with van der Waals surface area (Å²) < 4.78 is 0. The van der Waals surface area contributed by atoms with Gasteiger partial charge in [-0.3, -0.25) is 4.98 Å². The largest absolute Gasteiger partial charge is 0.264 e. The molecule has 2 heteroatoms. The number of aryl methyl sites for hydroxylation is 1. The number of nitrogens with zero attached hydrogens (tertiary/aromatic N) is 1. The van der Waals surface area contributed by atoms with Crippen LogP contribution >= 0.6 is 11.8 Å². The highest BCUT2D eigenvalue weighted by Crippen LogP contribution is 2.05. The van der Waals surface area contributed by atoms with E-state index in [1.807, 2.05) is 30.2 Å². The minimum absolute atomic E-state index is 1.17. The van der Waals surface area contributed by atoms with E-state index in [-0.39, 0.29) is 0 Å². The summed E-state index contributed by atoms with van der Waals surface area (Å²) in [7, 11) is 0. The molecule has 0 aliphatic carbocycles. The van der Waals surface area contributed by atoms with Crippen molar-refractivity contribution in [2.75, 3.05) is 12.0 Å². The Balaban J connectivity index is 2.16. The molecule has 1 aromatic heterocycles. The SMILES string of the molecule is CSCCCCc1cccnc1. The van der Waals surface area contributed by atoms with Crippen molar-refractivity contribution in [2.45, 2.75) is 19.3 Å². The number of hydrogen-bond acceptors (Lipinski definition) is 2. The van der Waals surface area contributed by atoms with Gasteiger partial charge < -0.3 is 0 Å². The van der Waals surface area contributed by atoms with Crippen LogP contribution in [0.5, 0.6) is 0 Å². The maximum absolute atomic E-state index is 4.08. The predicted octanol–water partition coefficient (Wildman–Crippen LogP) is 2.77. The van der Waals surface area contributed by atoms with Gasteiger partial charge in [0.1, 0.15) is 0 Å². The summed E-state index contributed by atoms with van der Waals surface area (Å²) in [5.74, 6) is 1.28. The third-order valence-corrected chi connectivity index (χ3v) is 2.48. The second-order valence-electron chi connectivity index (χ2n) is 2.81. The fourth-order valence-corrected chi connectivity index (χ4v) is 1.61. The van der Waals surface area contributed by atoms with Gasteiger partial charge >= 0.3 is 0 Å². The van der Waals surface area contributed by atoms with E-state index in [0.717, 1.165) is 0 Å². The second kappa shape index (κ2) is 6.06. The first kappa shape index (κ1) is 9.59. The molecule has 0 amide bonds. The van der Waals surface area contributed by atoms with Crippen molar-refractivity contribution in [1.29, 1.82) is 0 Å². The van der Waals surface area contributed by atoms with E-state index < -0.39 is 0 Å². The molecule has 1 nitrogen and oxygen atoms in total. The molecule has 0 saturated heterocycles. The molecule has 0 fully saturated rings. The summed E-state index contributed by atoms with van der Waals surface area (Å²) in [6.45, 7) is 0. The van der Waals surface area contributed by atoms with E-state index >= 15 is 0 Å². The number of aromatic nitrogens is 1. The molecule has 0 radical (unpaired) electrons. The molecule has 0 unspecified atom stereocenters. The van der Waals surface area contributed by atoms with Crippen molar-refractivity contribution >= 4 is 11.8 Å². The highest BCUT2D eigenvalue weighted by molar-refractivity contribution is 7.98. The first-order chi connectivity index (χ1) is 5.93. The lowest BCUT2D eigenvalue weighted by molar-refractivity contribution is 0.800. The van der Waals surface area contributed by atoms with Gasteiger partial charge in [0, 0.05) is 12.4 Å². The molecule has 66 valence electrons. The molecule has 0 aliphatic rings. The molecule has 1 rings (SSSR count). The lowest BCUT2D eigenvalue weighted by Gasteiger charge is -1.98. The van der Waals surface area contributed by atoms with Gasteiger partial charge in [-0.25, -0.2) is 0 Å². The molecule has 0 atom stereocenters. The van der Waals surface area contributed by atoms with Crippen LogP contribution in [-0.4, -0.2) is 17.0 Å². The summed E-state index contributed by atoms with van der Waals surface area (Å²) in [6.07, 6.45) is 9.71. The summed E-state index contributed by atoms with van der Waals surface area (Å²) in [5.41, 5.74) is 1.36. The van der Waals surface area contributed by atoms with Gasteiger partial charge in [-0.1, -0.05) is 6.07 Å². The Labute approximate surface area is 78.6 Å². The van der Waals surface area contributed by atoms with Crippen LogP contribution in [0.15, 0.2) is 24.5 Å². The van der Waals surface area contributed by atoms with Gasteiger partial charge in [0.15, 0.2) is 0 Å². The number of thioether (sulfide) groups is 1. The quantitative estimate of drug-likeness (QED) is 0.648. The van der Waals surface area contributed by atoms with E-state index in [9.17, 15) is 0 Å². The maximum Gasteiger partial charge on any atom is 0.0299 e. The van der Waals surface area contributed by atoms with Crippen LogP contribution in [0.2, 0.25) is 0 Å². The van der Waals surface area contributed by atoms with Gasteiger partial charge in [0.05, 0.1) is 0 Å². The molecular weight excluding hydrogens is 166 g/mol. The normalized spacial score (nSPS) is 10.1. The van der Waals surface area contributed by atoms with Crippen LogP contribution in [0, 0.1) is 0 Å². The van der Waals surface area contributed by atoms with E-state index in [0.29, 0.717) is 0 Å². The summed E-state index contributed by atoms with van der Waals surface area (Å²) >= 11 is 1.92. The van der Waals surface area contributed by atoms with Gasteiger partial charge in [-0.15, -0.1) is 0 Å². The van der Waals surface area contributed by atoms with Crippen molar-refractivity contribution in [3.8, 4) is 0 Å². The highest BCUT2D eigenvalue weighted by atomic mass is 32.2. The Morgan fingerprint density at radius 2 is 2.33 bits per heavy atom. The first-order valence-electron chi connectivity index (χ1n) is 4.31. The summed E-state index contributed by atoms with van der Waals surface area (Å²) in [6, 6.07) is 4.15. The Morgan fingerprint density at radius 1 is 1.42 bits per heavy atom. The van der Waals surface area contributed by atoms with Crippen molar-refractivity contribution in [2.24, 2.45) is 0 Å². The molecule has 0 aliphatic heterocycles. The minimum Gasteiger partial charge on any atom is -0.264 e. The zero-order valence-corrected chi connectivity index (χ0v) is 8.31. The third-order valence-electron chi connectivity index (χ3n) is 1.79. The third kappa shape index (κ3) is 3.77. The monoisotopic (exact) mass is 181 g/mol. The van der Waals surface area contributed by atoms with Crippen molar-refractivity contribution in [1.82, 2.24) is 4.98 Å². The molecule has 0 bridgehead atoms. The van der Waals surface area contributed by atoms with E-state index in [1.165, 1.54) is 30.6 Å². The predicted molar refractivity (Wildman–Crippen MR) is 55.6 cm³/mol. The van der Waals surface area contributed by atoms with Gasteiger partial charge in [-0.05, 0) is 42.9 Å². The van der Waals surface area contributed by atoms with Crippen LogP contribution in [-0.2, 0) is 6.42 Å². The van der Waals surface area contributed by atoms with Crippen molar-refractivity contribution < 1.29 is 0 Å². The molecule has 0 spiro atoms. The fraction of sp³-hybridized carbons (Fsp3) is 0.500. The minimum atomic E-state index is 1.17. The highest BCUT2D eigenvalue weighted by Gasteiger charge is 1.91. The number of pyridine rings is 1. The summed E-state index contributed by atoms with van der Waals surface area (Å²) in [4.78, 5) is 4.08. The molecule has 0 aromatic carbocycles. The molecule has 1 heterocycles. The fourth-order valence-electron chi connectivity index (χ4n) is 1.12. The van der Waals surface area contributed by atoms with Crippen LogP contribution in [0.4, 0.5) is 0 Å². The average molecular weight is 181 g/mol. The molecule has 1 aromatic rings. The number of unbranched alkanes of at least 4 members (excludes halogenated alkanes) is 1. The summed E-state index contributed by atoms with van der Waals surface area (Å²) in [5, 5.41) is 0. The maximum atomic E-state index is 4.08. The lowest BCUT2D eigenvalue weighted by atomic mass is 10.1. The van der Waals surface area contributed by atoms with Gasteiger partial charge in [-0.2, -0.15) is 11.8 Å². The second-order valence-corrected chi connectivity index (χ2v) is 3.80. The van der Waals surface area contributed by atoms with Crippen LogP contribution in [0.3, 0.4) is 0 Å². The van der Waals surface area contributed by atoms with Gasteiger partial charge in [0.25, 0.3) is 0 Å². The van der Waals surface area contributed by atoms with Crippen LogP contribution < -0.4 is 0 Å².